The Morgan fingerprint density at radius 3 is 2.81 bits per heavy atom. The molecule has 0 aromatic carbocycles. The van der Waals surface area contributed by atoms with Crippen molar-refractivity contribution in [1.29, 1.82) is 0 Å². The summed E-state index contributed by atoms with van der Waals surface area (Å²) in [5, 5.41) is 14.7. The summed E-state index contributed by atoms with van der Waals surface area (Å²) in [4.78, 5) is 16.4. The molecule has 16 heavy (non-hydrogen) atoms. The van der Waals surface area contributed by atoms with Crippen LogP contribution in [-0.2, 0) is 0 Å². The Bertz CT molecular complexity index is 414. The zero-order chi connectivity index (χ0) is 12.1. The quantitative estimate of drug-likeness (QED) is 0.312. The van der Waals surface area contributed by atoms with Crippen LogP contribution in [0.4, 0.5) is 0 Å². The third-order valence-corrected chi connectivity index (χ3v) is 2.98. The van der Waals surface area contributed by atoms with E-state index >= 15 is 0 Å². The topological polar surface area (TPSA) is 101 Å². The number of rotatable bonds is 4. The Kier molecular flexibility index (Phi) is 4.24. The lowest BCUT2D eigenvalue weighted by Gasteiger charge is -2.02. The van der Waals surface area contributed by atoms with E-state index in [2.05, 4.69) is 15.5 Å². The van der Waals surface area contributed by atoms with Crippen LogP contribution in [0.3, 0.4) is 0 Å². The van der Waals surface area contributed by atoms with E-state index in [9.17, 15) is 4.79 Å². The van der Waals surface area contributed by atoms with Gasteiger partial charge in [-0.25, -0.2) is 4.98 Å². The van der Waals surface area contributed by atoms with E-state index in [1.807, 2.05) is 6.92 Å². The lowest BCUT2D eigenvalue weighted by atomic mass is 10.3. The van der Waals surface area contributed by atoms with Crippen molar-refractivity contribution in [2.24, 2.45) is 10.9 Å². The highest BCUT2D eigenvalue weighted by Gasteiger charge is 2.12. The molecular weight excluding hydrogens is 228 g/mol. The van der Waals surface area contributed by atoms with Gasteiger partial charge in [0, 0.05) is 13.0 Å². The highest BCUT2D eigenvalue weighted by atomic mass is 32.1. The summed E-state index contributed by atoms with van der Waals surface area (Å²) < 4.78 is 0. The first kappa shape index (κ1) is 12.4. The van der Waals surface area contributed by atoms with E-state index < -0.39 is 0 Å². The van der Waals surface area contributed by atoms with Crippen LogP contribution < -0.4 is 11.1 Å². The van der Waals surface area contributed by atoms with Crippen molar-refractivity contribution in [3.8, 4) is 0 Å². The second-order valence-electron chi connectivity index (χ2n) is 3.24. The number of hydrogen-bond acceptors (Lipinski definition) is 5. The van der Waals surface area contributed by atoms with E-state index in [0.29, 0.717) is 17.8 Å². The molecule has 1 heterocycles. The Morgan fingerprint density at radius 1 is 1.62 bits per heavy atom. The van der Waals surface area contributed by atoms with Gasteiger partial charge in [-0.2, -0.15) is 0 Å². The van der Waals surface area contributed by atoms with Crippen molar-refractivity contribution in [2.45, 2.75) is 20.3 Å². The molecule has 0 saturated carbocycles. The predicted octanol–water partition coefficient (Wildman–Crippen LogP) is 0.626. The monoisotopic (exact) mass is 242 g/mol. The molecular formula is C9H14N4O2S. The Balaban J connectivity index is 2.50. The predicted molar refractivity (Wildman–Crippen MR) is 61.9 cm³/mol. The average molecular weight is 242 g/mol. The molecule has 1 amide bonds. The second kappa shape index (κ2) is 5.45. The largest absolute Gasteiger partial charge is 0.409 e. The fraction of sp³-hybridized carbons (Fsp3) is 0.444. The number of amidine groups is 1. The Labute approximate surface area is 97.2 Å². The van der Waals surface area contributed by atoms with Gasteiger partial charge in [0.2, 0.25) is 0 Å². The average Bonchev–Trinajstić information content (AvgIpc) is 2.57. The van der Waals surface area contributed by atoms with E-state index in [0.717, 1.165) is 10.7 Å². The van der Waals surface area contributed by atoms with Gasteiger partial charge in [0.1, 0.15) is 10.7 Å². The van der Waals surface area contributed by atoms with Crippen molar-refractivity contribution in [1.82, 2.24) is 10.3 Å². The Hall–Kier alpha value is -1.63. The van der Waals surface area contributed by atoms with E-state index in [-0.39, 0.29) is 11.7 Å². The van der Waals surface area contributed by atoms with Gasteiger partial charge in [-0.15, -0.1) is 11.3 Å². The van der Waals surface area contributed by atoms with Gasteiger partial charge in [-0.1, -0.05) is 5.16 Å². The van der Waals surface area contributed by atoms with Gasteiger partial charge in [0.15, 0.2) is 0 Å². The fourth-order valence-electron chi connectivity index (χ4n) is 1.18. The van der Waals surface area contributed by atoms with Crippen LogP contribution in [0.5, 0.6) is 0 Å². The molecule has 0 aliphatic heterocycles. The molecule has 4 N–H and O–H groups in total. The first-order valence-electron chi connectivity index (χ1n) is 4.73. The van der Waals surface area contributed by atoms with Gasteiger partial charge < -0.3 is 16.3 Å². The molecule has 0 aliphatic rings. The number of nitrogens with two attached hydrogens (primary N) is 1. The smallest absolute Gasteiger partial charge is 0.263 e. The van der Waals surface area contributed by atoms with Gasteiger partial charge in [0.05, 0.1) is 10.7 Å². The van der Waals surface area contributed by atoms with Crippen molar-refractivity contribution < 1.29 is 10.0 Å². The molecule has 1 rings (SSSR count). The SMILES string of the molecule is Cc1nc(C)c(C(=O)NCCC(N)=NO)s1. The number of hydrogen-bond donors (Lipinski definition) is 3. The van der Waals surface area contributed by atoms with Crippen molar-refractivity contribution >= 4 is 23.1 Å². The summed E-state index contributed by atoms with van der Waals surface area (Å²) in [6.07, 6.45) is 0.319. The van der Waals surface area contributed by atoms with Crippen LogP contribution in [-0.4, -0.2) is 28.5 Å². The fourth-order valence-corrected chi connectivity index (χ4v) is 2.01. The maximum Gasteiger partial charge on any atom is 0.263 e. The van der Waals surface area contributed by atoms with Crippen LogP contribution >= 0.6 is 11.3 Å². The Morgan fingerprint density at radius 2 is 2.31 bits per heavy atom. The van der Waals surface area contributed by atoms with Crippen LogP contribution in [0.1, 0.15) is 26.8 Å². The zero-order valence-corrected chi connectivity index (χ0v) is 9.97. The lowest BCUT2D eigenvalue weighted by Crippen LogP contribution is -2.27. The third kappa shape index (κ3) is 3.20. The summed E-state index contributed by atoms with van der Waals surface area (Å²) >= 11 is 1.35. The first-order valence-corrected chi connectivity index (χ1v) is 5.55. The van der Waals surface area contributed by atoms with Crippen LogP contribution in [0.25, 0.3) is 0 Å². The first-order chi connectivity index (χ1) is 7.54. The minimum atomic E-state index is -0.172. The minimum Gasteiger partial charge on any atom is -0.409 e. The van der Waals surface area contributed by atoms with E-state index in [1.54, 1.807) is 6.92 Å². The molecule has 0 saturated heterocycles. The van der Waals surface area contributed by atoms with Crippen molar-refractivity contribution in [3.05, 3.63) is 15.6 Å². The summed E-state index contributed by atoms with van der Waals surface area (Å²) in [5.74, 6) is -0.0775. The van der Waals surface area contributed by atoms with E-state index in [1.165, 1.54) is 11.3 Å². The molecule has 0 unspecified atom stereocenters. The molecule has 0 spiro atoms. The summed E-state index contributed by atoms with van der Waals surface area (Å²) in [6, 6.07) is 0. The number of oxime groups is 1. The molecule has 1 aromatic rings. The number of amides is 1. The highest BCUT2D eigenvalue weighted by molar-refractivity contribution is 7.13. The molecule has 1 aromatic heterocycles. The molecule has 0 atom stereocenters. The summed E-state index contributed by atoms with van der Waals surface area (Å²) in [6.45, 7) is 3.98. The normalized spacial score (nSPS) is 11.5. The van der Waals surface area contributed by atoms with Gasteiger partial charge in [0.25, 0.3) is 5.91 Å². The van der Waals surface area contributed by atoms with Crippen LogP contribution in [0.15, 0.2) is 5.16 Å². The van der Waals surface area contributed by atoms with E-state index in [4.69, 9.17) is 10.9 Å². The minimum absolute atomic E-state index is 0.0949. The van der Waals surface area contributed by atoms with Gasteiger partial charge >= 0.3 is 0 Å². The number of aromatic nitrogens is 1. The molecule has 6 nitrogen and oxygen atoms in total. The van der Waals surface area contributed by atoms with Crippen molar-refractivity contribution in [2.75, 3.05) is 6.54 Å². The molecule has 0 fully saturated rings. The number of aryl methyl sites for hydroxylation is 2. The number of carbonyl (C=O) groups excluding carboxylic acids is 1. The molecule has 0 aliphatic carbocycles. The molecule has 88 valence electrons. The van der Waals surface area contributed by atoms with Crippen LogP contribution in [0.2, 0.25) is 0 Å². The number of carbonyl (C=O) groups is 1. The lowest BCUT2D eigenvalue weighted by molar-refractivity contribution is 0.0958. The van der Waals surface area contributed by atoms with Crippen molar-refractivity contribution in [3.63, 3.8) is 0 Å². The number of nitrogens with one attached hydrogen (secondary N) is 1. The maximum atomic E-state index is 11.7. The summed E-state index contributed by atoms with van der Waals surface area (Å²) in [7, 11) is 0. The van der Waals surface area contributed by atoms with Crippen LogP contribution in [0, 0.1) is 13.8 Å². The maximum absolute atomic E-state index is 11.7. The highest BCUT2D eigenvalue weighted by Crippen LogP contribution is 2.16. The molecule has 7 heteroatoms. The number of nitrogens with zero attached hydrogens (tertiary/aromatic N) is 2. The molecule has 0 radical (unpaired) electrons. The zero-order valence-electron chi connectivity index (χ0n) is 9.15. The second-order valence-corrected chi connectivity index (χ2v) is 4.45. The summed E-state index contributed by atoms with van der Waals surface area (Å²) in [5.41, 5.74) is 6.00. The standard InChI is InChI=1S/C9H14N4O2S/c1-5-8(16-6(2)12-5)9(14)11-4-3-7(10)13-15/h15H,3-4H2,1-2H3,(H2,10,13)(H,11,14). The third-order valence-electron chi connectivity index (χ3n) is 1.90. The van der Waals surface area contributed by atoms with Gasteiger partial charge in [-0.05, 0) is 13.8 Å². The molecule has 0 bridgehead atoms. The van der Waals surface area contributed by atoms with Gasteiger partial charge in [-0.3, -0.25) is 4.79 Å². The number of thiazole rings is 1.